The number of nitrogens with one attached hydrogen (secondary N) is 2. The number of ether oxygens (including phenoxy) is 1. The summed E-state index contributed by atoms with van der Waals surface area (Å²) in [4.78, 5) is 19.7. The predicted octanol–water partition coefficient (Wildman–Crippen LogP) is 1.22. The molecular formula is C13H16N4O2. The minimum atomic E-state index is -0.463. The summed E-state index contributed by atoms with van der Waals surface area (Å²) < 4.78 is 4.77. The van der Waals surface area contributed by atoms with E-state index >= 15 is 0 Å². The molecule has 1 aromatic rings. The van der Waals surface area contributed by atoms with Crippen LogP contribution in [0.1, 0.15) is 18.4 Å². The Balaban J connectivity index is 2.01. The second kappa shape index (κ2) is 6.53. The van der Waals surface area contributed by atoms with Crippen molar-refractivity contribution in [3.05, 3.63) is 42.0 Å². The number of carbonyl (C=O) groups is 1. The predicted molar refractivity (Wildman–Crippen MR) is 71.0 cm³/mol. The molecule has 0 bridgehead atoms. The zero-order valence-corrected chi connectivity index (χ0v) is 10.7. The van der Waals surface area contributed by atoms with Crippen LogP contribution in [0.4, 0.5) is 4.79 Å². The molecule has 6 heteroatoms. The average molecular weight is 260 g/mol. The van der Waals surface area contributed by atoms with E-state index in [-0.39, 0.29) is 6.54 Å². The number of allylic oxidation sites excluding steroid dienone is 2. The first kappa shape index (κ1) is 13.1. The van der Waals surface area contributed by atoms with Crippen molar-refractivity contribution >= 4 is 11.8 Å². The van der Waals surface area contributed by atoms with E-state index in [0.717, 1.165) is 17.9 Å². The summed E-state index contributed by atoms with van der Waals surface area (Å²) >= 11 is 0. The molecule has 0 saturated carbocycles. The van der Waals surface area contributed by atoms with Crippen molar-refractivity contribution < 1.29 is 9.53 Å². The minimum absolute atomic E-state index is 0.246. The number of rotatable bonds is 4. The summed E-state index contributed by atoms with van der Waals surface area (Å²) in [6, 6.07) is 1.83. The molecule has 0 spiro atoms. The zero-order chi connectivity index (χ0) is 13.5. The van der Waals surface area contributed by atoms with Crippen LogP contribution in [0.3, 0.4) is 0 Å². The van der Waals surface area contributed by atoms with E-state index < -0.39 is 6.09 Å². The molecule has 2 heterocycles. The summed E-state index contributed by atoms with van der Waals surface area (Å²) in [5.41, 5.74) is 1.75. The molecule has 100 valence electrons. The molecular weight excluding hydrogens is 244 g/mol. The van der Waals surface area contributed by atoms with Gasteiger partial charge in [-0.2, -0.15) is 0 Å². The maximum Gasteiger partial charge on any atom is 0.407 e. The second-order valence-electron chi connectivity index (χ2n) is 3.82. The number of hydrogen-bond donors (Lipinski definition) is 2. The molecule has 0 fully saturated rings. The van der Waals surface area contributed by atoms with E-state index in [2.05, 4.69) is 20.6 Å². The second-order valence-corrected chi connectivity index (χ2v) is 3.82. The summed E-state index contributed by atoms with van der Waals surface area (Å²) in [6.07, 6.45) is 7.16. The molecule has 2 rings (SSSR count). The summed E-state index contributed by atoms with van der Waals surface area (Å²) in [5.74, 6) is 0.544. The Morgan fingerprint density at radius 2 is 2.47 bits per heavy atom. The van der Waals surface area contributed by atoms with Gasteiger partial charge in [-0.05, 0) is 19.1 Å². The molecule has 0 unspecified atom stereocenters. The minimum Gasteiger partial charge on any atom is -0.450 e. The summed E-state index contributed by atoms with van der Waals surface area (Å²) in [7, 11) is 0. The van der Waals surface area contributed by atoms with E-state index in [1.807, 2.05) is 24.3 Å². The van der Waals surface area contributed by atoms with Crippen LogP contribution < -0.4 is 10.6 Å². The highest BCUT2D eigenvalue weighted by Crippen LogP contribution is 2.10. The Morgan fingerprint density at radius 1 is 1.58 bits per heavy atom. The molecule has 0 radical (unpaired) electrons. The average Bonchev–Trinajstić information content (AvgIpc) is 2.47. The van der Waals surface area contributed by atoms with Crippen molar-refractivity contribution in [2.45, 2.75) is 13.5 Å². The van der Waals surface area contributed by atoms with Gasteiger partial charge in [0.15, 0.2) is 0 Å². The van der Waals surface area contributed by atoms with Crippen LogP contribution >= 0.6 is 0 Å². The Labute approximate surface area is 111 Å². The topological polar surface area (TPSA) is 76.1 Å². The lowest BCUT2D eigenvalue weighted by atomic mass is 10.2. The number of hydrogen-bond acceptors (Lipinski definition) is 5. The third kappa shape index (κ3) is 3.80. The maximum atomic E-state index is 11.2. The van der Waals surface area contributed by atoms with Crippen LogP contribution in [0.15, 0.2) is 30.5 Å². The van der Waals surface area contributed by atoms with E-state index in [9.17, 15) is 4.79 Å². The van der Waals surface area contributed by atoms with Gasteiger partial charge in [0.2, 0.25) is 0 Å². The van der Waals surface area contributed by atoms with E-state index in [1.165, 1.54) is 0 Å². The maximum absolute atomic E-state index is 11.2. The fourth-order valence-electron chi connectivity index (χ4n) is 1.60. The molecule has 1 aliphatic rings. The van der Waals surface area contributed by atoms with Gasteiger partial charge in [0.05, 0.1) is 24.5 Å². The number of aromatic nitrogens is 2. The molecule has 1 aromatic heterocycles. The lowest BCUT2D eigenvalue weighted by molar-refractivity contribution is 0.151. The number of amides is 1. The SMILES string of the molecule is CCOC(=O)NCc1nccc(C2=CC=CCN2)n1. The number of alkyl carbamates (subject to hydrolysis) is 1. The van der Waals surface area contributed by atoms with Gasteiger partial charge in [-0.25, -0.2) is 14.8 Å². The Bertz CT molecular complexity index is 511. The highest BCUT2D eigenvalue weighted by atomic mass is 16.5. The smallest absolute Gasteiger partial charge is 0.407 e. The van der Waals surface area contributed by atoms with Crippen LogP contribution in [0.5, 0.6) is 0 Å². The third-order valence-corrected chi connectivity index (χ3v) is 2.46. The Kier molecular flexibility index (Phi) is 4.49. The van der Waals surface area contributed by atoms with Crippen molar-refractivity contribution in [1.29, 1.82) is 0 Å². The first-order valence-electron chi connectivity index (χ1n) is 6.13. The van der Waals surface area contributed by atoms with E-state index in [4.69, 9.17) is 4.74 Å². The van der Waals surface area contributed by atoms with Gasteiger partial charge >= 0.3 is 6.09 Å². The molecule has 0 aliphatic carbocycles. The summed E-state index contributed by atoms with van der Waals surface area (Å²) in [6.45, 7) is 3.13. The van der Waals surface area contributed by atoms with Gasteiger partial charge in [-0.3, -0.25) is 0 Å². The first-order chi connectivity index (χ1) is 9.29. The fraction of sp³-hybridized carbons (Fsp3) is 0.308. The largest absolute Gasteiger partial charge is 0.450 e. The zero-order valence-electron chi connectivity index (χ0n) is 10.7. The molecule has 1 aliphatic heterocycles. The Hall–Kier alpha value is -2.37. The van der Waals surface area contributed by atoms with Gasteiger partial charge in [0, 0.05) is 12.7 Å². The quantitative estimate of drug-likeness (QED) is 0.851. The molecule has 0 atom stereocenters. The number of nitrogens with zero attached hydrogens (tertiary/aromatic N) is 2. The first-order valence-corrected chi connectivity index (χ1v) is 6.13. The van der Waals surface area contributed by atoms with Crippen molar-refractivity contribution in [3.8, 4) is 0 Å². The summed E-state index contributed by atoms with van der Waals surface area (Å²) in [5, 5.41) is 5.81. The van der Waals surface area contributed by atoms with Crippen molar-refractivity contribution in [1.82, 2.24) is 20.6 Å². The number of carbonyl (C=O) groups excluding carboxylic acids is 1. The molecule has 0 aromatic carbocycles. The number of dihydropyridines is 1. The van der Waals surface area contributed by atoms with Crippen molar-refractivity contribution in [3.63, 3.8) is 0 Å². The molecule has 1 amide bonds. The molecule has 0 saturated heterocycles. The van der Waals surface area contributed by atoms with Gasteiger partial charge in [-0.1, -0.05) is 12.2 Å². The fourth-order valence-corrected chi connectivity index (χ4v) is 1.60. The van der Waals surface area contributed by atoms with Gasteiger partial charge in [0.25, 0.3) is 0 Å². The highest BCUT2D eigenvalue weighted by molar-refractivity contribution is 5.67. The standard InChI is InChI=1S/C13H16N4O2/c1-2-19-13(18)16-9-12-15-8-6-11(17-12)10-5-3-4-7-14-10/h3-6,8,14H,2,7,9H2,1H3,(H,16,18). The van der Waals surface area contributed by atoms with Crippen molar-refractivity contribution in [2.24, 2.45) is 0 Å². The molecule has 6 nitrogen and oxygen atoms in total. The van der Waals surface area contributed by atoms with Crippen LogP contribution in [-0.4, -0.2) is 29.2 Å². The third-order valence-electron chi connectivity index (χ3n) is 2.46. The Morgan fingerprint density at radius 3 is 3.21 bits per heavy atom. The lowest BCUT2D eigenvalue weighted by Gasteiger charge is -2.12. The van der Waals surface area contributed by atoms with Crippen molar-refractivity contribution in [2.75, 3.05) is 13.2 Å². The normalized spacial score (nSPS) is 13.4. The van der Waals surface area contributed by atoms with Gasteiger partial charge in [-0.15, -0.1) is 0 Å². The monoisotopic (exact) mass is 260 g/mol. The van der Waals surface area contributed by atoms with Gasteiger partial charge < -0.3 is 15.4 Å². The van der Waals surface area contributed by atoms with Crippen LogP contribution in [0.2, 0.25) is 0 Å². The van der Waals surface area contributed by atoms with Gasteiger partial charge in [0.1, 0.15) is 5.82 Å². The molecule has 19 heavy (non-hydrogen) atoms. The van der Waals surface area contributed by atoms with E-state index in [0.29, 0.717) is 12.4 Å². The van der Waals surface area contributed by atoms with Crippen LogP contribution in [0.25, 0.3) is 5.70 Å². The van der Waals surface area contributed by atoms with E-state index in [1.54, 1.807) is 13.1 Å². The lowest BCUT2D eigenvalue weighted by Crippen LogP contribution is -2.25. The highest BCUT2D eigenvalue weighted by Gasteiger charge is 2.07. The molecule has 2 N–H and O–H groups in total. The van der Waals surface area contributed by atoms with Crippen LogP contribution in [-0.2, 0) is 11.3 Å². The van der Waals surface area contributed by atoms with Crippen LogP contribution in [0, 0.1) is 0 Å².